The van der Waals surface area contributed by atoms with Crippen molar-refractivity contribution in [3.8, 4) is 0 Å². The molecule has 2 N–H and O–H groups in total. The number of nitrogens with zero attached hydrogens (tertiary/aromatic N) is 2. The summed E-state index contributed by atoms with van der Waals surface area (Å²) in [4.78, 5) is 26.5. The largest absolute Gasteiger partial charge is 0.364 e. The summed E-state index contributed by atoms with van der Waals surface area (Å²) in [6.45, 7) is 6.45. The summed E-state index contributed by atoms with van der Waals surface area (Å²) in [6, 6.07) is -0.361. The third-order valence-corrected chi connectivity index (χ3v) is 3.28. The van der Waals surface area contributed by atoms with Gasteiger partial charge in [-0.2, -0.15) is 0 Å². The van der Waals surface area contributed by atoms with Crippen LogP contribution in [0.5, 0.6) is 0 Å². The molecule has 3 aliphatic rings. The lowest BCUT2D eigenvalue weighted by Gasteiger charge is -2.35. The Morgan fingerprint density at radius 2 is 2.05 bits per heavy atom. The van der Waals surface area contributed by atoms with Gasteiger partial charge >= 0.3 is 6.03 Å². The first-order valence-corrected chi connectivity index (χ1v) is 6.88. The zero-order valence-electron chi connectivity index (χ0n) is 12.0. The van der Waals surface area contributed by atoms with Crippen molar-refractivity contribution >= 4 is 11.9 Å². The van der Waals surface area contributed by atoms with Gasteiger partial charge in [0.05, 0.1) is 0 Å². The molecule has 0 radical (unpaired) electrons. The maximum Gasteiger partial charge on any atom is 0.329 e. The van der Waals surface area contributed by atoms with Gasteiger partial charge in [0.15, 0.2) is 0 Å². The van der Waals surface area contributed by atoms with Crippen molar-refractivity contribution in [1.29, 1.82) is 0 Å². The number of hydrogen-bond donors (Lipinski definition) is 2. The van der Waals surface area contributed by atoms with E-state index in [4.69, 9.17) is 0 Å². The minimum atomic E-state index is -0.361. The quantitative estimate of drug-likeness (QED) is 0.761. The molecule has 0 aromatic rings. The zero-order chi connectivity index (χ0) is 14.7. The fourth-order valence-corrected chi connectivity index (χ4v) is 2.33. The SMILES string of the molecule is CC.CC1=CC=CN2C(N3CCC(=O)NC3=O)=CNC12. The summed E-state index contributed by atoms with van der Waals surface area (Å²) in [6.07, 6.45) is 8.11. The van der Waals surface area contributed by atoms with Crippen molar-refractivity contribution in [1.82, 2.24) is 20.4 Å². The summed E-state index contributed by atoms with van der Waals surface area (Å²) in [7, 11) is 0. The number of hydrogen-bond acceptors (Lipinski definition) is 4. The molecule has 6 nitrogen and oxygen atoms in total. The molecular weight excluding hydrogens is 256 g/mol. The lowest BCUT2D eigenvalue weighted by atomic mass is 10.1. The molecule has 3 heterocycles. The predicted molar refractivity (Wildman–Crippen MR) is 76.0 cm³/mol. The molecule has 1 unspecified atom stereocenters. The van der Waals surface area contributed by atoms with E-state index in [1.165, 1.54) is 5.57 Å². The highest BCUT2D eigenvalue weighted by atomic mass is 16.2. The van der Waals surface area contributed by atoms with Crippen LogP contribution in [0.2, 0.25) is 0 Å². The summed E-state index contributed by atoms with van der Waals surface area (Å²) in [5.41, 5.74) is 1.18. The van der Waals surface area contributed by atoms with Crippen LogP contribution in [-0.2, 0) is 4.79 Å². The first-order chi connectivity index (χ1) is 9.66. The third kappa shape index (κ3) is 2.41. The number of urea groups is 1. The average Bonchev–Trinajstić information content (AvgIpc) is 2.86. The molecule has 0 aliphatic carbocycles. The van der Waals surface area contributed by atoms with Crippen molar-refractivity contribution in [2.45, 2.75) is 33.4 Å². The van der Waals surface area contributed by atoms with Crippen molar-refractivity contribution in [2.75, 3.05) is 6.54 Å². The standard InChI is InChI=1S/C12H14N4O2.C2H6/c1-8-3-2-5-15-10(7-13-11(8)15)16-6-4-9(17)14-12(16)18;1-2/h2-3,5,7,11,13H,4,6H2,1H3,(H,14,17,18);1-2H3. The van der Waals surface area contributed by atoms with Crippen molar-refractivity contribution in [3.63, 3.8) is 0 Å². The Morgan fingerprint density at radius 1 is 1.30 bits per heavy atom. The average molecular weight is 276 g/mol. The summed E-state index contributed by atoms with van der Waals surface area (Å²) >= 11 is 0. The molecule has 108 valence electrons. The highest BCUT2D eigenvalue weighted by molar-refractivity contribution is 5.97. The summed E-state index contributed by atoms with van der Waals surface area (Å²) in [5.74, 6) is 0.554. The first-order valence-electron chi connectivity index (χ1n) is 6.88. The molecule has 20 heavy (non-hydrogen) atoms. The van der Waals surface area contributed by atoms with Gasteiger partial charge in [-0.3, -0.25) is 15.0 Å². The smallest absolute Gasteiger partial charge is 0.329 e. The Balaban J connectivity index is 0.000000704. The molecule has 3 rings (SSSR count). The molecule has 0 aromatic carbocycles. The molecule has 0 saturated carbocycles. The van der Waals surface area contributed by atoms with Crippen LogP contribution in [0, 0.1) is 0 Å². The lowest BCUT2D eigenvalue weighted by molar-refractivity contribution is -0.121. The van der Waals surface area contributed by atoms with E-state index in [2.05, 4.69) is 10.6 Å². The van der Waals surface area contributed by atoms with Gasteiger partial charge < -0.3 is 10.2 Å². The molecule has 1 fully saturated rings. The predicted octanol–water partition coefficient (Wildman–Crippen LogP) is 1.46. The van der Waals surface area contributed by atoms with Gasteiger partial charge in [0, 0.05) is 25.4 Å². The van der Waals surface area contributed by atoms with Crippen LogP contribution in [0.4, 0.5) is 4.79 Å². The molecular formula is C14H20N4O2. The van der Waals surface area contributed by atoms with Crippen LogP contribution in [0.3, 0.4) is 0 Å². The van der Waals surface area contributed by atoms with Crippen molar-refractivity contribution < 1.29 is 9.59 Å². The zero-order valence-corrected chi connectivity index (χ0v) is 12.0. The van der Waals surface area contributed by atoms with Crippen molar-refractivity contribution in [3.05, 3.63) is 35.9 Å². The maximum absolute atomic E-state index is 11.8. The summed E-state index contributed by atoms with van der Waals surface area (Å²) in [5, 5.41) is 5.55. The Morgan fingerprint density at radius 3 is 2.75 bits per heavy atom. The number of allylic oxidation sites excluding steroid dienone is 2. The molecule has 0 aromatic heterocycles. The fraction of sp³-hybridized carbons (Fsp3) is 0.429. The van der Waals surface area contributed by atoms with E-state index in [0.717, 1.165) is 5.82 Å². The minimum Gasteiger partial charge on any atom is -0.364 e. The number of nitrogens with one attached hydrogen (secondary N) is 2. The van der Waals surface area contributed by atoms with Gasteiger partial charge in [-0.25, -0.2) is 4.79 Å². The number of fused-ring (bicyclic) bond motifs is 1. The maximum atomic E-state index is 11.8. The second-order valence-electron chi connectivity index (χ2n) is 4.49. The molecule has 0 bridgehead atoms. The number of imide groups is 1. The molecule has 0 spiro atoms. The van der Waals surface area contributed by atoms with Crippen LogP contribution < -0.4 is 10.6 Å². The Labute approximate surface area is 118 Å². The van der Waals surface area contributed by atoms with E-state index in [1.807, 2.05) is 50.2 Å². The van der Waals surface area contributed by atoms with E-state index in [-0.39, 0.29) is 18.1 Å². The van der Waals surface area contributed by atoms with E-state index in [9.17, 15) is 9.59 Å². The Kier molecular flexibility index (Phi) is 4.12. The van der Waals surface area contributed by atoms with Gasteiger partial charge in [-0.15, -0.1) is 0 Å². The van der Waals surface area contributed by atoms with Crippen LogP contribution in [0.15, 0.2) is 35.9 Å². The second-order valence-corrected chi connectivity index (χ2v) is 4.49. The molecule has 6 heteroatoms. The van der Waals surface area contributed by atoms with Gasteiger partial charge in [0.1, 0.15) is 12.0 Å². The van der Waals surface area contributed by atoms with E-state index in [0.29, 0.717) is 13.0 Å². The third-order valence-electron chi connectivity index (χ3n) is 3.28. The number of carbonyl (C=O) groups is 2. The lowest BCUT2D eigenvalue weighted by Crippen LogP contribution is -2.51. The molecule has 1 atom stereocenters. The van der Waals surface area contributed by atoms with E-state index in [1.54, 1.807) is 4.90 Å². The Bertz CT molecular complexity index is 507. The van der Waals surface area contributed by atoms with Crippen LogP contribution in [-0.4, -0.2) is 34.4 Å². The van der Waals surface area contributed by atoms with Gasteiger partial charge in [-0.05, 0) is 18.6 Å². The van der Waals surface area contributed by atoms with Crippen LogP contribution >= 0.6 is 0 Å². The molecule has 3 amide bonds. The number of carbonyl (C=O) groups excluding carboxylic acids is 2. The number of rotatable bonds is 1. The highest BCUT2D eigenvalue weighted by Crippen LogP contribution is 2.26. The van der Waals surface area contributed by atoms with Gasteiger partial charge in [-0.1, -0.05) is 19.9 Å². The minimum absolute atomic E-state index is 0.0652. The molecule has 1 saturated heterocycles. The number of amides is 3. The van der Waals surface area contributed by atoms with E-state index < -0.39 is 0 Å². The summed E-state index contributed by atoms with van der Waals surface area (Å²) < 4.78 is 0. The topological polar surface area (TPSA) is 64.7 Å². The second kappa shape index (κ2) is 5.81. The van der Waals surface area contributed by atoms with Crippen LogP contribution in [0.25, 0.3) is 0 Å². The van der Waals surface area contributed by atoms with Crippen molar-refractivity contribution in [2.24, 2.45) is 0 Å². The Hall–Kier alpha value is -2.24. The highest BCUT2D eigenvalue weighted by Gasteiger charge is 2.34. The van der Waals surface area contributed by atoms with E-state index >= 15 is 0 Å². The van der Waals surface area contributed by atoms with Crippen LogP contribution in [0.1, 0.15) is 27.2 Å². The van der Waals surface area contributed by atoms with Gasteiger partial charge in [0.25, 0.3) is 0 Å². The monoisotopic (exact) mass is 276 g/mol. The fourth-order valence-electron chi connectivity index (χ4n) is 2.33. The van der Waals surface area contributed by atoms with Gasteiger partial charge in [0.2, 0.25) is 5.91 Å². The molecule has 3 aliphatic heterocycles. The first kappa shape index (κ1) is 14.2. The normalized spacial score (nSPS) is 24.1.